The van der Waals surface area contributed by atoms with Gasteiger partial charge in [0.1, 0.15) is 28.7 Å². The zero-order valence-corrected chi connectivity index (χ0v) is 30.3. The summed E-state index contributed by atoms with van der Waals surface area (Å²) in [5.41, 5.74) is 1.02. The molecule has 14 heteroatoms. The maximum atomic E-state index is 10.4. The number of benzene rings is 6. The van der Waals surface area contributed by atoms with Gasteiger partial charge in [0.2, 0.25) is 0 Å². The average Bonchev–Trinajstić information content (AvgIpc) is 3.19. The summed E-state index contributed by atoms with van der Waals surface area (Å²) >= 11 is 0. The van der Waals surface area contributed by atoms with Gasteiger partial charge in [-0.05, 0) is 60.7 Å². The maximum Gasteiger partial charge on any atom is 0.447 e. The second-order valence-corrected chi connectivity index (χ2v) is 16.4. The lowest BCUT2D eigenvalue weighted by molar-refractivity contribution is 0.0527. The van der Waals surface area contributed by atoms with Crippen LogP contribution in [0.2, 0.25) is 0 Å². The zero-order chi connectivity index (χ0) is 35.6. The van der Waals surface area contributed by atoms with Crippen LogP contribution in [0.1, 0.15) is 11.1 Å². The monoisotopic (exact) mass is 753 g/mol. The van der Waals surface area contributed by atoms with Gasteiger partial charge >= 0.3 is 24.6 Å². The summed E-state index contributed by atoms with van der Waals surface area (Å²) in [5, 5.41) is 20.8. The van der Waals surface area contributed by atoms with Crippen molar-refractivity contribution >= 4 is 24.6 Å². The number of aliphatic hydroxyl groups excluding tert-OH is 2. The minimum atomic E-state index is -3.91. The summed E-state index contributed by atoms with van der Waals surface area (Å²) in [6.07, 6.45) is 0. The fourth-order valence-electron chi connectivity index (χ4n) is 4.81. The summed E-state index contributed by atoms with van der Waals surface area (Å²) < 4.78 is 35.6. The topological polar surface area (TPSA) is 115 Å². The van der Waals surface area contributed by atoms with Gasteiger partial charge in [0.05, 0.1) is 13.2 Å². The molecule has 0 spiro atoms. The first kappa shape index (κ1) is 35.5. The van der Waals surface area contributed by atoms with E-state index in [-0.39, 0.29) is 13.2 Å². The van der Waals surface area contributed by atoms with Crippen LogP contribution in [0.4, 0.5) is 0 Å². The third kappa shape index (κ3) is 8.39. The van der Waals surface area contributed by atoms with E-state index in [0.29, 0.717) is 45.6 Å². The van der Waals surface area contributed by atoms with Crippen LogP contribution in [0, 0.1) is 0 Å². The number of rotatable bonds is 14. The third-order valence-electron chi connectivity index (χ3n) is 7.29. The van der Waals surface area contributed by atoms with E-state index in [2.05, 4.69) is 0 Å². The Morgan fingerprint density at radius 3 is 1.46 bits per heavy atom. The molecule has 0 saturated carbocycles. The first-order chi connectivity index (χ1) is 25.6. The molecule has 0 saturated heterocycles. The predicted octanol–water partition coefficient (Wildman–Crippen LogP) is 10.3. The highest BCUT2D eigenvalue weighted by Crippen LogP contribution is 2.77. The van der Waals surface area contributed by atoms with Crippen LogP contribution < -0.4 is 27.8 Å². The van der Waals surface area contributed by atoms with Crippen molar-refractivity contribution in [2.75, 3.05) is 0 Å². The lowest BCUT2D eigenvalue weighted by Crippen LogP contribution is -2.37. The lowest BCUT2D eigenvalue weighted by atomic mass is 10.2. The zero-order valence-electron chi connectivity index (χ0n) is 27.6. The van der Waals surface area contributed by atoms with Gasteiger partial charge in [-0.15, -0.1) is 4.52 Å². The normalized spacial score (nSPS) is 17.0. The van der Waals surface area contributed by atoms with Crippen LogP contribution >= 0.6 is 24.6 Å². The number of hydrogen-bond acceptors (Lipinski definition) is 11. The van der Waals surface area contributed by atoms with Crippen LogP contribution in [0.15, 0.2) is 174 Å². The molecular weight excluding hydrogens is 719 g/mol. The SMILES string of the molecule is OCc1ccccc1ON1P(Oc2ccccc2CO)N(Oc2ccccc2)P(Oc2ccccc2)N=P1(Oc1ccccc1)Oc1ccccc1. The molecule has 264 valence electrons. The van der Waals surface area contributed by atoms with Crippen LogP contribution in [0.5, 0.6) is 34.5 Å². The fourth-order valence-corrected chi connectivity index (χ4v) is 12.3. The highest BCUT2D eigenvalue weighted by Gasteiger charge is 2.58. The Morgan fingerprint density at radius 2 is 0.923 bits per heavy atom. The molecule has 0 aliphatic carbocycles. The largest absolute Gasteiger partial charge is 0.447 e. The highest BCUT2D eigenvalue weighted by molar-refractivity contribution is 7.78. The second-order valence-electron chi connectivity index (χ2n) is 10.9. The van der Waals surface area contributed by atoms with Crippen molar-refractivity contribution in [3.63, 3.8) is 0 Å². The van der Waals surface area contributed by atoms with Gasteiger partial charge in [0.25, 0.3) is 0 Å². The molecular formula is C38H34N3O8P3. The van der Waals surface area contributed by atoms with Crippen LogP contribution in [0.25, 0.3) is 0 Å². The maximum absolute atomic E-state index is 10.4. The van der Waals surface area contributed by atoms with Crippen LogP contribution in [-0.4, -0.2) is 19.4 Å². The van der Waals surface area contributed by atoms with Crippen molar-refractivity contribution in [2.45, 2.75) is 13.2 Å². The molecule has 0 fully saturated rings. The van der Waals surface area contributed by atoms with E-state index in [4.69, 9.17) is 32.3 Å². The molecule has 52 heavy (non-hydrogen) atoms. The first-order valence-corrected chi connectivity index (χ1v) is 20.0. The van der Waals surface area contributed by atoms with Crippen molar-refractivity contribution in [1.29, 1.82) is 0 Å². The van der Waals surface area contributed by atoms with Crippen molar-refractivity contribution in [1.82, 2.24) is 9.21 Å². The number of nitrogens with zero attached hydrogens (tertiary/aromatic N) is 3. The quantitative estimate of drug-likeness (QED) is 0.104. The van der Waals surface area contributed by atoms with Crippen molar-refractivity contribution in [2.24, 2.45) is 4.52 Å². The molecule has 0 aromatic heterocycles. The smallest absolute Gasteiger partial charge is 0.440 e. The molecule has 2 N–H and O–H groups in total. The van der Waals surface area contributed by atoms with Crippen LogP contribution in [0.3, 0.4) is 0 Å². The third-order valence-corrected chi connectivity index (χ3v) is 14.1. The molecule has 0 bridgehead atoms. The van der Waals surface area contributed by atoms with Gasteiger partial charge < -0.3 is 38.0 Å². The summed E-state index contributed by atoms with van der Waals surface area (Å²) in [7, 11) is -8.42. The van der Waals surface area contributed by atoms with E-state index < -0.39 is 24.6 Å². The molecule has 1 aliphatic rings. The van der Waals surface area contributed by atoms with Gasteiger partial charge in [0.15, 0.2) is 5.75 Å². The van der Waals surface area contributed by atoms with E-state index in [1.54, 1.807) is 78.9 Å². The van der Waals surface area contributed by atoms with Crippen molar-refractivity contribution in [3.05, 3.63) is 181 Å². The number of para-hydroxylation sites is 6. The fraction of sp³-hybridized carbons (Fsp3) is 0.0526. The number of aliphatic hydroxyl groups is 2. The standard InChI is InChI=1S/C38H34N3O8P3/c42-29-31-17-13-15-27-37(31)45-41-51(47-38-28-16-14-18-32(38)30-43)40(44-33-19-5-1-6-20-33)50(46-34-21-7-2-8-22-34)39-52(41,48-35-23-9-3-10-24-35)49-36-25-11-4-12-26-36/h1-28,42-43H,29-30H2. The second kappa shape index (κ2) is 17.0. The molecule has 6 aromatic rings. The molecule has 6 aromatic carbocycles. The highest BCUT2D eigenvalue weighted by atomic mass is 31.3. The summed E-state index contributed by atoms with van der Waals surface area (Å²) in [5.74, 6) is 2.54. The van der Waals surface area contributed by atoms with Gasteiger partial charge in [-0.25, -0.2) is 0 Å². The molecule has 2 unspecified atom stereocenters. The summed E-state index contributed by atoms with van der Waals surface area (Å²) in [6.45, 7) is -0.611. The molecule has 2 atom stereocenters. The van der Waals surface area contributed by atoms with Gasteiger partial charge in [-0.3, -0.25) is 0 Å². The molecule has 0 amide bonds. The Hall–Kier alpha value is -4.95. The molecule has 1 heterocycles. The molecule has 7 rings (SSSR count). The lowest BCUT2D eigenvalue weighted by Gasteiger charge is -2.44. The Balaban J connectivity index is 1.50. The van der Waals surface area contributed by atoms with E-state index in [1.807, 2.05) is 91.0 Å². The van der Waals surface area contributed by atoms with E-state index in [0.717, 1.165) is 0 Å². The van der Waals surface area contributed by atoms with E-state index in [9.17, 15) is 10.2 Å². The Labute approximate surface area is 304 Å². The van der Waals surface area contributed by atoms with Gasteiger partial charge in [-0.2, -0.15) is 0 Å². The predicted molar refractivity (Wildman–Crippen MR) is 201 cm³/mol. The average molecular weight is 754 g/mol. The number of hydrogen-bond donors (Lipinski definition) is 2. The van der Waals surface area contributed by atoms with Crippen molar-refractivity contribution in [3.8, 4) is 34.5 Å². The molecule has 1 aliphatic heterocycles. The first-order valence-electron chi connectivity index (χ1n) is 16.2. The van der Waals surface area contributed by atoms with E-state index in [1.165, 1.54) is 9.21 Å². The van der Waals surface area contributed by atoms with Crippen molar-refractivity contribution < 1.29 is 38.0 Å². The Kier molecular flexibility index (Phi) is 11.6. The van der Waals surface area contributed by atoms with Crippen LogP contribution in [-0.2, 0) is 13.2 Å². The van der Waals surface area contributed by atoms with Gasteiger partial charge in [-0.1, -0.05) is 109 Å². The minimum Gasteiger partial charge on any atom is -0.440 e. The summed E-state index contributed by atoms with van der Waals surface area (Å²) in [6, 6.07) is 50.9. The van der Waals surface area contributed by atoms with Gasteiger partial charge in [0, 0.05) is 20.3 Å². The minimum absolute atomic E-state index is 0.298. The summed E-state index contributed by atoms with van der Waals surface area (Å²) in [4.78, 5) is 13.5. The Bertz CT molecular complexity index is 2040. The van der Waals surface area contributed by atoms with E-state index >= 15 is 0 Å². The Morgan fingerprint density at radius 1 is 0.481 bits per heavy atom. The molecule has 0 radical (unpaired) electrons. The molecule has 11 nitrogen and oxygen atoms in total.